The Balaban J connectivity index is 2.22. The summed E-state index contributed by atoms with van der Waals surface area (Å²) in [4.78, 5) is 23.2. The van der Waals surface area contributed by atoms with Crippen LogP contribution in [0.5, 0.6) is 0 Å². The van der Waals surface area contributed by atoms with Gasteiger partial charge in [0.25, 0.3) is 0 Å². The number of hydrogen-bond acceptors (Lipinski definition) is 2. The van der Waals surface area contributed by atoms with Crippen molar-refractivity contribution in [3.63, 3.8) is 0 Å². The van der Waals surface area contributed by atoms with E-state index in [0.29, 0.717) is 31.7 Å². The summed E-state index contributed by atoms with van der Waals surface area (Å²) in [5.41, 5.74) is 0.722. The van der Waals surface area contributed by atoms with Crippen LogP contribution in [0.4, 0.5) is 0 Å². The average molecular weight is 247 g/mol. The molecule has 0 fully saturated rings. The zero-order valence-corrected chi connectivity index (χ0v) is 11.1. The van der Waals surface area contributed by atoms with E-state index in [4.69, 9.17) is 0 Å². The summed E-state index contributed by atoms with van der Waals surface area (Å²) in [6, 6.07) is 9.20. The first-order valence-corrected chi connectivity index (χ1v) is 6.44. The van der Waals surface area contributed by atoms with Crippen molar-refractivity contribution in [1.82, 2.24) is 5.32 Å². The topological polar surface area (TPSA) is 46.2 Å². The standard InChI is InChI=1S/C15H21NO2/c1-12(2)11-16-15(18)10-6-9-14(17)13-7-4-3-5-8-13/h3-5,7-8,12H,6,9-11H2,1-2H3,(H,16,18). The Bertz CT molecular complexity index is 385. The maximum absolute atomic E-state index is 11.8. The molecular weight excluding hydrogens is 226 g/mol. The largest absolute Gasteiger partial charge is 0.356 e. The van der Waals surface area contributed by atoms with E-state index in [-0.39, 0.29) is 11.7 Å². The first-order chi connectivity index (χ1) is 8.59. The maximum Gasteiger partial charge on any atom is 0.220 e. The zero-order valence-electron chi connectivity index (χ0n) is 11.1. The van der Waals surface area contributed by atoms with E-state index in [1.807, 2.05) is 18.2 Å². The summed E-state index contributed by atoms with van der Waals surface area (Å²) in [5.74, 6) is 0.594. The molecule has 1 rings (SSSR count). The van der Waals surface area contributed by atoms with Crippen LogP contribution in [0.1, 0.15) is 43.5 Å². The summed E-state index contributed by atoms with van der Waals surface area (Å²) in [6.45, 7) is 4.81. The van der Waals surface area contributed by atoms with Crippen LogP contribution in [0.3, 0.4) is 0 Å². The number of Topliss-reactive ketones (excluding diaryl/α,β-unsaturated/α-hetero) is 1. The summed E-state index contributed by atoms with van der Waals surface area (Å²) in [7, 11) is 0. The Morgan fingerprint density at radius 3 is 2.39 bits per heavy atom. The normalized spacial score (nSPS) is 10.4. The van der Waals surface area contributed by atoms with Crippen molar-refractivity contribution in [2.75, 3.05) is 6.54 Å². The minimum Gasteiger partial charge on any atom is -0.356 e. The lowest BCUT2D eigenvalue weighted by Crippen LogP contribution is -2.27. The molecule has 1 amide bonds. The van der Waals surface area contributed by atoms with Crippen LogP contribution < -0.4 is 5.32 Å². The Hall–Kier alpha value is -1.64. The predicted molar refractivity (Wildman–Crippen MR) is 72.5 cm³/mol. The number of ketones is 1. The third kappa shape index (κ3) is 5.62. The fraction of sp³-hybridized carbons (Fsp3) is 0.467. The molecule has 0 aliphatic rings. The van der Waals surface area contributed by atoms with Crippen LogP contribution in [0.25, 0.3) is 0 Å². The van der Waals surface area contributed by atoms with Crippen molar-refractivity contribution in [2.45, 2.75) is 33.1 Å². The Morgan fingerprint density at radius 1 is 1.11 bits per heavy atom. The van der Waals surface area contributed by atoms with Gasteiger partial charge in [0, 0.05) is 24.9 Å². The Labute approximate surface area is 109 Å². The van der Waals surface area contributed by atoms with Crippen LogP contribution in [0.2, 0.25) is 0 Å². The van der Waals surface area contributed by atoms with Gasteiger partial charge in [-0.1, -0.05) is 44.2 Å². The monoisotopic (exact) mass is 247 g/mol. The number of carbonyl (C=O) groups is 2. The Morgan fingerprint density at radius 2 is 1.78 bits per heavy atom. The van der Waals surface area contributed by atoms with Gasteiger partial charge < -0.3 is 5.32 Å². The highest BCUT2D eigenvalue weighted by Crippen LogP contribution is 2.06. The number of benzene rings is 1. The fourth-order valence-electron chi connectivity index (χ4n) is 1.58. The minimum atomic E-state index is 0.0320. The van der Waals surface area contributed by atoms with Gasteiger partial charge in [0.15, 0.2) is 5.78 Å². The van der Waals surface area contributed by atoms with E-state index in [0.717, 1.165) is 5.56 Å². The van der Waals surface area contributed by atoms with Crippen LogP contribution in [-0.4, -0.2) is 18.2 Å². The van der Waals surface area contributed by atoms with E-state index in [9.17, 15) is 9.59 Å². The SMILES string of the molecule is CC(C)CNC(=O)CCCC(=O)c1ccccc1. The lowest BCUT2D eigenvalue weighted by atomic mass is 10.1. The highest BCUT2D eigenvalue weighted by atomic mass is 16.1. The first kappa shape index (κ1) is 14.4. The van der Waals surface area contributed by atoms with Crippen molar-refractivity contribution in [2.24, 2.45) is 5.92 Å². The lowest BCUT2D eigenvalue weighted by molar-refractivity contribution is -0.121. The molecule has 1 aromatic rings. The summed E-state index contributed by atoms with van der Waals surface area (Å²) in [5, 5.41) is 2.85. The molecule has 0 radical (unpaired) electrons. The molecule has 0 aromatic heterocycles. The molecule has 0 bridgehead atoms. The van der Waals surface area contributed by atoms with Crippen LogP contribution in [0.15, 0.2) is 30.3 Å². The third-order valence-electron chi connectivity index (χ3n) is 2.61. The molecule has 0 saturated heterocycles. The fourth-order valence-corrected chi connectivity index (χ4v) is 1.58. The number of amides is 1. The molecule has 0 saturated carbocycles. The molecule has 0 atom stereocenters. The predicted octanol–water partition coefficient (Wildman–Crippen LogP) is 2.81. The van der Waals surface area contributed by atoms with Crippen LogP contribution in [-0.2, 0) is 4.79 Å². The van der Waals surface area contributed by atoms with Gasteiger partial charge in [0.1, 0.15) is 0 Å². The third-order valence-corrected chi connectivity index (χ3v) is 2.61. The molecule has 1 N–H and O–H groups in total. The van der Waals surface area contributed by atoms with Crippen molar-refractivity contribution in [1.29, 1.82) is 0 Å². The number of nitrogens with one attached hydrogen (secondary N) is 1. The highest BCUT2D eigenvalue weighted by Gasteiger charge is 2.07. The maximum atomic E-state index is 11.8. The molecule has 18 heavy (non-hydrogen) atoms. The van der Waals surface area contributed by atoms with Gasteiger partial charge in [0.05, 0.1) is 0 Å². The summed E-state index contributed by atoms with van der Waals surface area (Å²) in [6.07, 6.45) is 1.46. The number of hydrogen-bond donors (Lipinski definition) is 1. The first-order valence-electron chi connectivity index (χ1n) is 6.44. The van der Waals surface area contributed by atoms with E-state index in [1.54, 1.807) is 12.1 Å². The second-order valence-electron chi connectivity index (χ2n) is 4.84. The van der Waals surface area contributed by atoms with Gasteiger partial charge in [-0.2, -0.15) is 0 Å². The Kier molecular flexibility index (Phi) is 6.12. The van der Waals surface area contributed by atoms with Gasteiger partial charge in [-0.3, -0.25) is 9.59 Å². The van der Waals surface area contributed by atoms with Crippen molar-refractivity contribution in [3.05, 3.63) is 35.9 Å². The van der Waals surface area contributed by atoms with Crippen LogP contribution in [0, 0.1) is 5.92 Å². The van der Waals surface area contributed by atoms with E-state index in [1.165, 1.54) is 0 Å². The van der Waals surface area contributed by atoms with Gasteiger partial charge in [0.2, 0.25) is 5.91 Å². The number of carbonyl (C=O) groups excluding carboxylic acids is 2. The quantitative estimate of drug-likeness (QED) is 0.753. The zero-order chi connectivity index (χ0) is 13.4. The van der Waals surface area contributed by atoms with E-state index in [2.05, 4.69) is 19.2 Å². The molecule has 98 valence electrons. The molecule has 0 spiro atoms. The van der Waals surface area contributed by atoms with Gasteiger partial charge in [-0.05, 0) is 12.3 Å². The molecule has 0 heterocycles. The molecule has 1 aromatic carbocycles. The van der Waals surface area contributed by atoms with Gasteiger partial charge >= 0.3 is 0 Å². The smallest absolute Gasteiger partial charge is 0.220 e. The molecule has 0 aliphatic carbocycles. The van der Waals surface area contributed by atoms with Crippen molar-refractivity contribution in [3.8, 4) is 0 Å². The molecular formula is C15H21NO2. The summed E-state index contributed by atoms with van der Waals surface area (Å²) >= 11 is 0. The highest BCUT2D eigenvalue weighted by molar-refractivity contribution is 5.96. The van der Waals surface area contributed by atoms with Crippen LogP contribution >= 0.6 is 0 Å². The lowest BCUT2D eigenvalue weighted by Gasteiger charge is -2.07. The van der Waals surface area contributed by atoms with Gasteiger partial charge in [-0.15, -0.1) is 0 Å². The average Bonchev–Trinajstić information content (AvgIpc) is 2.37. The van der Waals surface area contributed by atoms with Gasteiger partial charge in [-0.25, -0.2) is 0 Å². The molecule has 0 unspecified atom stereocenters. The minimum absolute atomic E-state index is 0.0320. The van der Waals surface area contributed by atoms with Crippen molar-refractivity contribution >= 4 is 11.7 Å². The van der Waals surface area contributed by atoms with Crippen molar-refractivity contribution < 1.29 is 9.59 Å². The summed E-state index contributed by atoms with van der Waals surface area (Å²) < 4.78 is 0. The molecule has 0 aliphatic heterocycles. The van der Waals surface area contributed by atoms with E-state index < -0.39 is 0 Å². The number of rotatable bonds is 7. The molecule has 3 heteroatoms. The second-order valence-corrected chi connectivity index (χ2v) is 4.84. The second kappa shape index (κ2) is 7.64. The molecule has 3 nitrogen and oxygen atoms in total. The van der Waals surface area contributed by atoms with E-state index >= 15 is 0 Å².